The van der Waals surface area contributed by atoms with Gasteiger partial charge in [-0.1, -0.05) is 11.6 Å². The Morgan fingerprint density at radius 3 is 2.54 bits per heavy atom. The fourth-order valence-corrected chi connectivity index (χ4v) is 2.40. The zero-order valence-electron chi connectivity index (χ0n) is 14.1. The first kappa shape index (κ1) is 18.9. The summed E-state index contributed by atoms with van der Waals surface area (Å²) in [7, 11) is 0. The second kappa shape index (κ2) is 7.80. The highest BCUT2D eigenvalue weighted by molar-refractivity contribution is 6.30. The van der Waals surface area contributed by atoms with E-state index in [1.165, 1.54) is 12.3 Å². The first-order chi connectivity index (χ1) is 13.3. The van der Waals surface area contributed by atoms with Crippen LogP contribution in [0.15, 0.2) is 54.7 Å². The van der Waals surface area contributed by atoms with Crippen molar-refractivity contribution in [2.75, 3.05) is 11.1 Å². The topological polar surface area (TPSA) is 141 Å². The summed E-state index contributed by atoms with van der Waals surface area (Å²) < 4.78 is 5.55. The predicted octanol–water partition coefficient (Wildman–Crippen LogP) is 3.98. The summed E-state index contributed by atoms with van der Waals surface area (Å²) in [5.74, 6) is -0.476. The number of nitro groups is 1. The fourth-order valence-electron chi connectivity index (χ4n) is 2.27. The summed E-state index contributed by atoms with van der Waals surface area (Å²) in [6.07, 6.45) is 1.36. The lowest BCUT2D eigenvalue weighted by atomic mass is 10.1. The summed E-state index contributed by atoms with van der Waals surface area (Å²) in [5.41, 5.74) is 5.13. The van der Waals surface area contributed by atoms with Crippen LogP contribution in [0.25, 0.3) is 0 Å². The molecular formula is C18H13ClN4O5. The van der Waals surface area contributed by atoms with Crippen molar-refractivity contribution in [1.82, 2.24) is 4.98 Å². The third-order valence-electron chi connectivity index (χ3n) is 3.62. The second-order valence-corrected chi connectivity index (χ2v) is 6.02. The van der Waals surface area contributed by atoms with Gasteiger partial charge in [-0.3, -0.25) is 14.9 Å². The summed E-state index contributed by atoms with van der Waals surface area (Å²) in [5, 5.41) is 23.6. The molecule has 10 heteroatoms. The lowest BCUT2D eigenvalue weighted by Gasteiger charge is -2.09. The molecule has 0 aliphatic heterocycles. The molecule has 0 saturated carbocycles. The highest BCUT2D eigenvalue weighted by Crippen LogP contribution is 2.31. The van der Waals surface area contributed by atoms with Gasteiger partial charge in [-0.25, -0.2) is 4.98 Å². The molecule has 0 fully saturated rings. The van der Waals surface area contributed by atoms with E-state index in [1.807, 2.05) is 0 Å². The van der Waals surface area contributed by atoms with E-state index < -0.39 is 22.3 Å². The van der Waals surface area contributed by atoms with Crippen LogP contribution in [0.4, 0.5) is 17.1 Å². The number of pyridine rings is 1. The van der Waals surface area contributed by atoms with E-state index in [-0.39, 0.29) is 11.3 Å². The van der Waals surface area contributed by atoms with Gasteiger partial charge in [0.15, 0.2) is 5.75 Å². The smallest absolute Gasteiger partial charge is 0.311 e. The maximum Gasteiger partial charge on any atom is 0.311 e. The molecule has 28 heavy (non-hydrogen) atoms. The monoisotopic (exact) mass is 400 g/mol. The lowest BCUT2D eigenvalue weighted by molar-refractivity contribution is -0.385. The fraction of sp³-hybridized carbons (Fsp3) is 0. The number of nitrogens with one attached hydrogen (secondary N) is 1. The van der Waals surface area contributed by atoms with E-state index in [1.54, 1.807) is 30.3 Å². The number of aromatic hydroxyl groups is 1. The molecule has 1 aromatic heterocycles. The van der Waals surface area contributed by atoms with E-state index in [0.29, 0.717) is 22.3 Å². The summed E-state index contributed by atoms with van der Waals surface area (Å²) in [6.45, 7) is 0. The Kier molecular flexibility index (Phi) is 5.28. The standard InChI is InChI=1S/C18H13ClN4O5/c19-10-1-4-12(5-2-10)28-17-6-3-11(9-21-17)22-18(25)13-7-15(23(26)27)16(24)8-14(13)20/h1-9,24H,20H2,(H,22,25). The quantitative estimate of drug-likeness (QED) is 0.334. The number of phenolic OH excluding ortho intramolecular Hbond substituents is 1. The first-order valence-electron chi connectivity index (χ1n) is 7.81. The molecule has 0 spiro atoms. The Bertz CT molecular complexity index is 1040. The molecule has 1 amide bonds. The number of aromatic nitrogens is 1. The van der Waals surface area contributed by atoms with Gasteiger partial charge in [-0.15, -0.1) is 0 Å². The van der Waals surface area contributed by atoms with Gasteiger partial charge in [0, 0.05) is 28.9 Å². The Morgan fingerprint density at radius 1 is 1.21 bits per heavy atom. The zero-order chi connectivity index (χ0) is 20.3. The summed E-state index contributed by atoms with van der Waals surface area (Å²) in [6, 6.07) is 11.6. The minimum atomic E-state index is -0.810. The van der Waals surface area contributed by atoms with Gasteiger partial charge in [0.1, 0.15) is 5.75 Å². The average molecular weight is 401 g/mol. The van der Waals surface area contributed by atoms with Gasteiger partial charge in [-0.05, 0) is 30.3 Å². The number of rotatable bonds is 5. The number of hydrogen-bond donors (Lipinski definition) is 3. The highest BCUT2D eigenvalue weighted by Gasteiger charge is 2.20. The largest absolute Gasteiger partial charge is 0.502 e. The third kappa shape index (κ3) is 4.27. The van der Waals surface area contributed by atoms with Crippen LogP contribution in [-0.2, 0) is 0 Å². The lowest BCUT2D eigenvalue weighted by Crippen LogP contribution is -2.14. The van der Waals surface area contributed by atoms with Crippen LogP contribution in [0.1, 0.15) is 10.4 Å². The van der Waals surface area contributed by atoms with E-state index in [9.17, 15) is 20.0 Å². The van der Waals surface area contributed by atoms with Gasteiger partial charge in [-0.2, -0.15) is 0 Å². The van der Waals surface area contributed by atoms with Crippen molar-refractivity contribution < 1.29 is 19.6 Å². The number of nitrogens with two attached hydrogens (primary N) is 1. The molecule has 2 aromatic carbocycles. The molecule has 0 atom stereocenters. The number of hydrogen-bond acceptors (Lipinski definition) is 7. The van der Waals surface area contributed by atoms with E-state index in [0.717, 1.165) is 12.1 Å². The van der Waals surface area contributed by atoms with Gasteiger partial charge in [0.05, 0.1) is 22.4 Å². The normalized spacial score (nSPS) is 10.3. The molecule has 0 saturated heterocycles. The van der Waals surface area contributed by atoms with Crippen LogP contribution in [0.5, 0.6) is 17.4 Å². The molecule has 3 aromatic rings. The summed E-state index contributed by atoms with van der Waals surface area (Å²) >= 11 is 5.81. The van der Waals surface area contributed by atoms with Crippen LogP contribution in [0.2, 0.25) is 5.02 Å². The Balaban J connectivity index is 1.73. The molecule has 0 unspecified atom stereocenters. The number of carbonyl (C=O) groups excluding carboxylic acids is 1. The van der Waals surface area contributed by atoms with Crippen molar-refractivity contribution in [3.63, 3.8) is 0 Å². The number of halogens is 1. The minimum Gasteiger partial charge on any atom is -0.502 e. The number of benzene rings is 2. The highest BCUT2D eigenvalue weighted by atomic mass is 35.5. The third-order valence-corrected chi connectivity index (χ3v) is 3.87. The molecule has 9 nitrogen and oxygen atoms in total. The van der Waals surface area contributed by atoms with Crippen molar-refractivity contribution in [3.05, 3.63) is 75.4 Å². The molecule has 0 radical (unpaired) electrons. The molecular weight excluding hydrogens is 388 g/mol. The number of carbonyl (C=O) groups is 1. The van der Waals surface area contributed by atoms with E-state index in [2.05, 4.69) is 10.3 Å². The number of nitrogen functional groups attached to an aromatic ring is 1. The van der Waals surface area contributed by atoms with Gasteiger partial charge >= 0.3 is 5.69 Å². The SMILES string of the molecule is Nc1cc(O)c([N+](=O)[O-])cc1C(=O)Nc1ccc(Oc2ccc(Cl)cc2)nc1. The molecule has 0 bridgehead atoms. The van der Waals surface area contributed by atoms with Gasteiger partial charge < -0.3 is 20.9 Å². The first-order valence-corrected chi connectivity index (χ1v) is 8.19. The molecule has 4 N–H and O–H groups in total. The van der Waals surface area contributed by atoms with Gasteiger partial charge in [0.25, 0.3) is 5.91 Å². The molecule has 3 rings (SSSR count). The van der Waals surface area contributed by atoms with Crippen molar-refractivity contribution in [1.29, 1.82) is 0 Å². The van der Waals surface area contributed by atoms with Crippen LogP contribution >= 0.6 is 11.6 Å². The molecule has 0 aliphatic rings. The van der Waals surface area contributed by atoms with Crippen molar-refractivity contribution in [2.24, 2.45) is 0 Å². The maximum atomic E-state index is 12.4. The number of phenols is 1. The zero-order valence-corrected chi connectivity index (χ0v) is 14.9. The van der Waals surface area contributed by atoms with E-state index >= 15 is 0 Å². The second-order valence-electron chi connectivity index (χ2n) is 5.58. The Labute approximate surface area is 163 Å². The molecule has 0 aliphatic carbocycles. The van der Waals surface area contributed by atoms with Crippen LogP contribution < -0.4 is 15.8 Å². The molecule has 142 valence electrons. The predicted molar refractivity (Wildman–Crippen MR) is 103 cm³/mol. The van der Waals surface area contributed by atoms with Crippen LogP contribution in [-0.4, -0.2) is 20.9 Å². The van der Waals surface area contributed by atoms with Gasteiger partial charge in [0.2, 0.25) is 5.88 Å². The van der Waals surface area contributed by atoms with Crippen LogP contribution in [0, 0.1) is 10.1 Å². The van der Waals surface area contributed by atoms with Crippen LogP contribution in [0.3, 0.4) is 0 Å². The number of nitro benzene ring substituents is 1. The summed E-state index contributed by atoms with van der Waals surface area (Å²) in [4.78, 5) is 26.5. The molecule has 1 heterocycles. The van der Waals surface area contributed by atoms with Crippen molar-refractivity contribution in [3.8, 4) is 17.4 Å². The average Bonchev–Trinajstić information content (AvgIpc) is 2.65. The van der Waals surface area contributed by atoms with Crippen molar-refractivity contribution >= 4 is 34.6 Å². The Morgan fingerprint density at radius 2 is 1.93 bits per heavy atom. The maximum absolute atomic E-state index is 12.4. The number of ether oxygens (including phenoxy) is 1. The van der Waals surface area contributed by atoms with Crippen molar-refractivity contribution in [2.45, 2.75) is 0 Å². The number of anilines is 2. The Hall–Kier alpha value is -3.85. The number of nitrogens with zero attached hydrogens (tertiary/aromatic N) is 2. The number of amides is 1. The minimum absolute atomic E-state index is 0.101. The van der Waals surface area contributed by atoms with E-state index in [4.69, 9.17) is 22.1 Å².